The standard InChI is InChI=1S/C16H23N3S/c1-12-8-10-14(11-9-12)13(2)18-19-16(20)17-15-6-4-3-5-7-15/h8-11,15H,3-7H2,1-2H3,(H2,17,19,20)/b18-13+. The summed E-state index contributed by atoms with van der Waals surface area (Å²) in [4.78, 5) is 0. The maximum atomic E-state index is 5.29. The third-order valence-electron chi connectivity index (χ3n) is 3.73. The lowest BCUT2D eigenvalue weighted by Crippen LogP contribution is -2.41. The molecule has 0 spiro atoms. The van der Waals surface area contributed by atoms with Gasteiger partial charge in [0, 0.05) is 6.04 Å². The second kappa shape index (κ2) is 7.39. The van der Waals surface area contributed by atoms with E-state index in [9.17, 15) is 0 Å². The summed E-state index contributed by atoms with van der Waals surface area (Å²) < 4.78 is 0. The van der Waals surface area contributed by atoms with Crippen LogP contribution in [-0.4, -0.2) is 16.9 Å². The average Bonchev–Trinajstić information content (AvgIpc) is 2.46. The lowest BCUT2D eigenvalue weighted by molar-refractivity contribution is 0.412. The highest BCUT2D eigenvalue weighted by Gasteiger charge is 2.13. The summed E-state index contributed by atoms with van der Waals surface area (Å²) in [7, 11) is 0. The van der Waals surface area contributed by atoms with E-state index in [1.807, 2.05) is 6.92 Å². The summed E-state index contributed by atoms with van der Waals surface area (Å²) in [6.45, 7) is 4.07. The Kier molecular flexibility index (Phi) is 5.53. The molecule has 1 aromatic rings. The number of nitrogens with one attached hydrogen (secondary N) is 2. The van der Waals surface area contributed by atoms with E-state index >= 15 is 0 Å². The largest absolute Gasteiger partial charge is 0.359 e. The van der Waals surface area contributed by atoms with Crippen molar-refractivity contribution in [2.24, 2.45) is 5.10 Å². The summed E-state index contributed by atoms with van der Waals surface area (Å²) in [5, 5.41) is 8.33. The first-order chi connectivity index (χ1) is 9.65. The Bertz CT molecular complexity index is 473. The lowest BCUT2D eigenvalue weighted by Gasteiger charge is -2.23. The quantitative estimate of drug-likeness (QED) is 0.508. The normalized spacial score (nSPS) is 16.8. The van der Waals surface area contributed by atoms with Crippen LogP contribution in [0.2, 0.25) is 0 Å². The van der Waals surface area contributed by atoms with Gasteiger partial charge < -0.3 is 5.32 Å². The van der Waals surface area contributed by atoms with Crippen molar-refractivity contribution in [3.8, 4) is 0 Å². The van der Waals surface area contributed by atoms with E-state index in [-0.39, 0.29) is 0 Å². The monoisotopic (exact) mass is 289 g/mol. The van der Waals surface area contributed by atoms with Crippen molar-refractivity contribution in [3.63, 3.8) is 0 Å². The van der Waals surface area contributed by atoms with Gasteiger partial charge in [-0.15, -0.1) is 0 Å². The number of thiocarbonyl (C=S) groups is 1. The zero-order chi connectivity index (χ0) is 14.4. The first-order valence-corrected chi connectivity index (χ1v) is 7.74. The molecule has 0 aromatic heterocycles. The minimum absolute atomic E-state index is 0.513. The van der Waals surface area contributed by atoms with Gasteiger partial charge in [0.15, 0.2) is 5.11 Å². The van der Waals surface area contributed by atoms with Gasteiger partial charge in [0.1, 0.15) is 0 Å². The zero-order valence-corrected chi connectivity index (χ0v) is 13.1. The Morgan fingerprint density at radius 2 is 1.80 bits per heavy atom. The van der Waals surface area contributed by atoms with Crippen molar-refractivity contribution in [1.29, 1.82) is 0 Å². The Labute approximate surface area is 126 Å². The van der Waals surface area contributed by atoms with Crippen LogP contribution in [0.25, 0.3) is 0 Å². The molecule has 3 nitrogen and oxygen atoms in total. The maximum absolute atomic E-state index is 5.29. The molecule has 0 radical (unpaired) electrons. The van der Waals surface area contributed by atoms with Crippen molar-refractivity contribution in [1.82, 2.24) is 10.7 Å². The van der Waals surface area contributed by atoms with Gasteiger partial charge in [0.05, 0.1) is 5.71 Å². The smallest absolute Gasteiger partial charge is 0.187 e. The predicted molar refractivity (Wildman–Crippen MR) is 89.1 cm³/mol. The maximum Gasteiger partial charge on any atom is 0.187 e. The summed E-state index contributed by atoms with van der Waals surface area (Å²) in [5.74, 6) is 0. The van der Waals surface area contributed by atoms with E-state index in [0.29, 0.717) is 11.2 Å². The van der Waals surface area contributed by atoms with E-state index in [1.165, 1.54) is 37.7 Å². The minimum atomic E-state index is 0.513. The third-order valence-corrected chi connectivity index (χ3v) is 3.94. The van der Waals surface area contributed by atoms with Crippen LogP contribution in [-0.2, 0) is 0 Å². The van der Waals surface area contributed by atoms with Gasteiger partial charge in [-0.05, 0) is 44.5 Å². The summed E-state index contributed by atoms with van der Waals surface area (Å²) in [5.41, 5.74) is 6.26. The van der Waals surface area contributed by atoms with Crippen LogP contribution in [0.3, 0.4) is 0 Å². The SMILES string of the molecule is C/C(=N\NC(=S)NC1CCCCC1)c1ccc(C)cc1. The van der Waals surface area contributed by atoms with Gasteiger partial charge in [-0.25, -0.2) is 0 Å². The molecule has 0 aliphatic heterocycles. The van der Waals surface area contributed by atoms with Crippen LogP contribution in [0.4, 0.5) is 0 Å². The molecule has 0 heterocycles. The first-order valence-electron chi connectivity index (χ1n) is 7.33. The van der Waals surface area contributed by atoms with Crippen molar-refractivity contribution in [2.75, 3.05) is 0 Å². The topological polar surface area (TPSA) is 36.4 Å². The number of aryl methyl sites for hydroxylation is 1. The lowest BCUT2D eigenvalue weighted by atomic mass is 9.96. The van der Waals surface area contributed by atoms with Gasteiger partial charge in [-0.2, -0.15) is 5.10 Å². The fourth-order valence-electron chi connectivity index (χ4n) is 2.46. The molecule has 4 heteroatoms. The molecular weight excluding hydrogens is 266 g/mol. The molecule has 0 bridgehead atoms. The van der Waals surface area contributed by atoms with Crippen LogP contribution in [0.5, 0.6) is 0 Å². The van der Waals surface area contributed by atoms with Crippen molar-refractivity contribution >= 4 is 23.0 Å². The number of nitrogens with zero attached hydrogens (tertiary/aromatic N) is 1. The highest BCUT2D eigenvalue weighted by atomic mass is 32.1. The molecular formula is C16H23N3S. The molecule has 0 atom stereocenters. The highest BCUT2D eigenvalue weighted by Crippen LogP contribution is 2.17. The average molecular weight is 289 g/mol. The van der Waals surface area contributed by atoms with Crippen LogP contribution in [0.1, 0.15) is 50.2 Å². The Morgan fingerprint density at radius 3 is 2.45 bits per heavy atom. The number of hydrogen-bond donors (Lipinski definition) is 2. The minimum Gasteiger partial charge on any atom is -0.359 e. The van der Waals surface area contributed by atoms with E-state index < -0.39 is 0 Å². The summed E-state index contributed by atoms with van der Waals surface area (Å²) in [6.07, 6.45) is 6.37. The second-order valence-corrected chi connectivity index (χ2v) is 5.89. The van der Waals surface area contributed by atoms with Gasteiger partial charge in [0.25, 0.3) is 0 Å². The molecule has 0 unspecified atom stereocenters. The fraction of sp³-hybridized carbons (Fsp3) is 0.500. The second-order valence-electron chi connectivity index (χ2n) is 5.48. The number of rotatable bonds is 3. The van der Waals surface area contributed by atoms with Crippen LogP contribution in [0.15, 0.2) is 29.4 Å². The molecule has 1 aromatic carbocycles. The molecule has 108 valence electrons. The Balaban J connectivity index is 1.84. The van der Waals surface area contributed by atoms with Crippen LogP contribution in [0, 0.1) is 6.92 Å². The van der Waals surface area contributed by atoms with Gasteiger partial charge in [-0.1, -0.05) is 49.1 Å². The summed E-state index contributed by atoms with van der Waals surface area (Å²) in [6, 6.07) is 8.85. The molecule has 20 heavy (non-hydrogen) atoms. The van der Waals surface area contributed by atoms with Crippen LogP contribution >= 0.6 is 12.2 Å². The van der Waals surface area contributed by atoms with Crippen LogP contribution < -0.4 is 10.7 Å². The molecule has 2 N–H and O–H groups in total. The fourth-order valence-corrected chi connectivity index (χ4v) is 2.67. The molecule has 2 rings (SSSR count). The van der Waals surface area contributed by atoms with Crippen molar-refractivity contribution in [2.45, 2.75) is 52.0 Å². The Morgan fingerprint density at radius 1 is 1.15 bits per heavy atom. The molecule has 1 fully saturated rings. The zero-order valence-electron chi connectivity index (χ0n) is 12.3. The van der Waals surface area contributed by atoms with Crippen molar-refractivity contribution < 1.29 is 0 Å². The number of hydrazone groups is 1. The Hall–Kier alpha value is -1.42. The van der Waals surface area contributed by atoms with Crippen molar-refractivity contribution in [3.05, 3.63) is 35.4 Å². The number of hydrogen-bond acceptors (Lipinski definition) is 2. The highest BCUT2D eigenvalue weighted by molar-refractivity contribution is 7.80. The molecule has 0 amide bonds. The summed E-state index contributed by atoms with van der Waals surface area (Å²) >= 11 is 5.29. The third kappa shape index (κ3) is 4.60. The van der Waals surface area contributed by atoms with Gasteiger partial charge in [-0.3, -0.25) is 5.43 Å². The molecule has 1 aliphatic rings. The molecule has 0 saturated heterocycles. The van der Waals surface area contributed by atoms with E-state index in [0.717, 1.165) is 11.3 Å². The van der Waals surface area contributed by atoms with E-state index in [4.69, 9.17) is 12.2 Å². The van der Waals surface area contributed by atoms with Gasteiger partial charge in [0.2, 0.25) is 0 Å². The predicted octanol–water partition coefficient (Wildman–Crippen LogP) is 3.52. The van der Waals surface area contributed by atoms with E-state index in [2.05, 4.69) is 47.0 Å². The first kappa shape index (κ1) is 15.0. The van der Waals surface area contributed by atoms with E-state index in [1.54, 1.807) is 0 Å². The van der Waals surface area contributed by atoms with Gasteiger partial charge >= 0.3 is 0 Å². The molecule has 1 aliphatic carbocycles. The number of benzene rings is 1. The molecule has 1 saturated carbocycles.